The van der Waals surface area contributed by atoms with Gasteiger partial charge >= 0.3 is 0 Å². The molecule has 2 heterocycles. The van der Waals surface area contributed by atoms with E-state index in [1.807, 2.05) is 24.6 Å². The molecule has 0 aliphatic carbocycles. The Kier molecular flexibility index (Phi) is 4.90. The Morgan fingerprint density at radius 1 is 1.50 bits per heavy atom. The lowest BCUT2D eigenvalue weighted by molar-refractivity contribution is 0.483. The zero-order valence-electron chi connectivity index (χ0n) is 11.0. The Morgan fingerprint density at radius 2 is 2.39 bits per heavy atom. The standard InChI is InChI=1S/C13H20N4S/c1-3-8-14-12(13-10-15-17(2)16-13)7-6-11-5-4-9-18-11/h4-5,9-10,12,14H,3,6-8H2,1-2H3. The van der Waals surface area contributed by atoms with Gasteiger partial charge in [-0.15, -0.1) is 11.3 Å². The van der Waals surface area contributed by atoms with Crippen molar-refractivity contribution in [3.05, 3.63) is 34.3 Å². The topological polar surface area (TPSA) is 42.7 Å². The van der Waals surface area contributed by atoms with Crippen molar-refractivity contribution in [2.75, 3.05) is 6.54 Å². The van der Waals surface area contributed by atoms with Crippen LogP contribution in [0.4, 0.5) is 0 Å². The summed E-state index contributed by atoms with van der Waals surface area (Å²) in [6.07, 6.45) is 5.16. The summed E-state index contributed by atoms with van der Waals surface area (Å²) in [4.78, 5) is 3.06. The number of nitrogens with zero attached hydrogens (tertiary/aromatic N) is 3. The van der Waals surface area contributed by atoms with E-state index in [9.17, 15) is 0 Å². The van der Waals surface area contributed by atoms with Crippen LogP contribution in [-0.2, 0) is 13.5 Å². The first-order valence-electron chi connectivity index (χ1n) is 6.41. The predicted molar refractivity (Wildman–Crippen MR) is 74.7 cm³/mol. The number of thiophene rings is 1. The quantitative estimate of drug-likeness (QED) is 0.835. The number of hydrogen-bond acceptors (Lipinski definition) is 4. The molecule has 2 aromatic rings. The summed E-state index contributed by atoms with van der Waals surface area (Å²) in [5.41, 5.74) is 1.04. The molecule has 98 valence electrons. The van der Waals surface area contributed by atoms with Crippen molar-refractivity contribution in [1.82, 2.24) is 20.3 Å². The van der Waals surface area contributed by atoms with Crippen LogP contribution in [-0.4, -0.2) is 21.5 Å². The highest BCUT2D eigenvalue weighted by molar-refractivity contribution is 7.09. The van der Waals surface area contributed by atoms with Crippen LogP contribution < -0.4 is 5.32 Å². The summed E-state index contributed by atoms with van der Waals surface area (Å²) in [5, 5.41) is 14.3. The Morgan fingerprint density at radius 3 is 3.00 bits per heavy atom. The smallest absolute Gasteiger partial charge is 0.0996 e. The van der Waals surface area contributed by atoms with E-state index in [1.165, 1.54) is 4.88 Å². The Labute approximate surface area is 112 Å². The summed E-state index contributed by atoms with van der Waals surface area (Å²) >= 11 is 1.82. The Balaban J connectivity index is 1.96. The Hall–Kier alpha value is -1.20. The summed E-state index contributed by atoms with van der Waals surface area (Å²) in [6.45, 7) is 3.20. The van der Waals surface area contributed by atoms with Gasteiger partial charge in [-0.2, -0.15) is 15.0 Å². The molecule has 1 atom stereocenters. The van der Waals surface area contributed by atoms with Crippen molar-refractivity contribution in [1.29, 1.82) is 0 Å². The van der Waals surface area contributed by atoms with E-state index in [-0.39, 0.29) is 0 Å². The molecular formula is C13H20N4S. The second kappa shape index (κ2) is 6.66. The van der Waals surface area contributed by atoms with Crippen LogP contribution >= 0.6 is 11.3 Å². The minimum atomic E-state index is 0.306. The molecule has 0 amide bonds. The predicted octanol–water partition coefficient (Wildman–Crippen LogP) is 2.55. The van der Waals surface area contributed by atoms with Crippen molar-refractivity contribution < 1.29 is 0 Å². The second-order valence-corrected chi connectivity index (χ2v) is 5.42. The minimum absolute atomic E-state index is 0.306. The molecule has 4 nitrogen and oxygen atoms in total. The van der Waals surface area contributed by atoms with Gasteiger partial charge in [-0.25, -0.2) is 0 Å². The fourth-order valence-electron chi connectivity index (χ4n) is 1.94. The average Bonchev–Trinajstić information content (AvgIpc) is 3.01. The van der Waals surface area contributed by atoms with Gasteiger partial charge in [0.2, 0.25) is 0 Å². The van der Waals surface area contributed by atoms with E-state index in [1.54, 1.807) is 4.80 Å². The molecule has 1 unspecified atom stereocenters. The van der Waals surface area contributed by atoms with Gasteiger partial charge in [0, 0.05) is 11.9 Å². The van der Waals surface area contributed by atoms with Crippen LogP contribution in [0.2, 0.25) is 0 Å². The van der Waals surface area contributed by atoms with Crippen molar-refractivity contribution in [3.63, 3.8) is 0 Å². The summed E-state index contributed by atoms with van der Waals surface area (Å²) < 4.78 is 0. The fraction of sp³-hybridized carbons (Fsp3) is 0.538. The van der Waals surface area contributed by atoms with E-state index >= 15 is 0 Å². The molecule has 18 heavy (non-hydrogen) atoms. The van der Waals surface area contributed by atoms with Crippen LogP contribution in [0.3, 0.4) is 0 Å². The zero-order valence-corrected chi connectivity index (χ0v) is 11.8. The van der Waals surface area contributed by atoms with Gasteiger partial charge in [0.05, 0.1) is 17.9 Å². The molecular weight excluding hydrogens is 244 g/mol. The molecule has 0 spiro atoms. The molecule has 0 aliphatic heterocycles. The van der Waals surface area contributed by atoms with E-state index < -0.39 is 0 Å². The van der Waals surface area contributed by atoms with Crippen molar-refractivity contribution >= 4 is 11.3 Å². The van der Waals surface area contributed by atoms with Crippen LogP contribution in [0.1, 0.15) is 36.4 Å². The average molecular weight is 264 g/mol. The van der Waals surface area contributed by atoms with Crippen LogP contribution in [0.15, 0.2) is 23.7 Å². The van der Waals surface area contributed by atoms with Crippen molar-refractivity contribution in [2.45, 2.75) is 32.2 Å². The molecule has 0 aromatic carbocycles. The van der Waals surface area contributed by atoms with Crippen LogP contribution in [0, 0.1) is 0 Å². The number of aromatic nitrogens is 3. The number of nitrogens with one attached hydrogen (secondary N) is 1. The third-order valence-corrected chi connectivity index (χ3v) is 3.81. The second-order valence-electron chi connectivity index (χ2n) is 4.38. The van der Waals surface area contributed by atoms with E-state index in [0.29, 0.717) is 6.04 Å². The van der Waals surface area contributed by atoms with Gasteiger partial charge < -0.3 is 5.32 Å². The summed E-state index contributed by atoms with van der Waals surface area (Å²) in [6, 6.07) is 4.61. The highest BCUT2D eigenvalue weighted by atomic mass is 32.1. The van der Waals surface area contributed by atoms with Crippen LogP contribution in [0.5, 0.6) is 0 Å². The van der Waals surface area contributed by atoms with Crippen LogP contribution in [0.25, 0.3) is 0 Å². The van der Waals surface area contributed by atoms with Gasteiger partial charge in [0.1, 0.15) is 0 Å². The molecule has 0 saturated heterocycles. The lowest BCUT2D eigenvalue weighted by Crippen LogP contribution is -2.23. The van der Waals surface area contributed by atoms with Gasteiger partial charge in [-0.3, -0.25) is 0 Å². The molecule has 5 heteroatoms. The molecule has 1 N–H and O–H groups in total. The van der Waals surface area contributed by atoms with Gasteiger partial charge in [-0.05, 0) is 37.3 Å². The normalized spacial score (nSPS) is 12.8. The van der Waals surface area contributed by atoms with Gasteiger partial charge in [0.15, 0.2) is 0 Å². The number of hydrogen-bond donors (Lipinski definition) is 1. The van der Waals surface area contributed by atoms with E-state index in [4.69, 9.17) is 0 Å². The first-order chi connectivity index (χ1) is 8.79. The van der Waals surface area contributed by atoms with Crippen molar-refractivity contribution in [3.8, 4) is 0 Å². The minimum Gasteiger partial charge on any atom is -0.309 e. The van der Waals surface area contributed by atoms with E-state index in [2.05, 4.69) is 40.0 Å². The highest BCUT2D eigenvalue weighted by Crippen LogP contribution is 2.19. The first-order valence-corrected chi connectivity index (χ1v) is 7.29. The number of aryl methyl sites for hydroxylation is 2. The largest absolute Gasteiger partial charge is 0.309 e. The molecule has 0 aliphatic rings. The highest BCUT2D eigenvalue weighted by Gasteiger charge is 2.14. The number of rotatable bonds is 7. The SMILES string of the molecule is CCCNC(CCc1cccs1)c1cnn(C)n1. The van der Waals surface area contributed by atoms with Gasteiger partial charge in [-0.1, -0.05) is 13.0 Å². The molecule has 0 saturated carbocycles. The molecule has 0 fully saturated rings. The molecule has 0 bridgehead atoms. The third kappa shape index (κ3) is 3.65. The molecule has 0 radical (unpaired) electrons. The maximum absolute atomic E-state index is 4.41. The third-order valence-electron chi connectivity index (χ3n) is 2.87. The lowest BCUT2D eigenvalue weighted by Gasteiger charge is -2.15. The maximum Gasteiger partial charge on any atom is 0.0996 e. The zero-order chi connectivity index (χ0) is 12.8. The van der Waals surface area contributed by atoms with Gasteiger partial charge in [0.25, 0.3) is 0 Å². The fourth-order valence-corrected chi connectivity index (χ4v) is 2.66. The molecule has 2 aromatic heterocycles. The lowest BCUT2D eigenvalue weighted by atomic mass is 10.1. The first kappa shape index (κ1) is 13.2. The Bertz CT molecular complexity index is 449. The molecule has 2 rings (SSSR count). The van der Waals surface area contributed by atoms with E-state index in [0.717, 1.165) is 31.5 Å². The maximum atomic E-state index is 4.41. The summed E-state index contributed by atoms with van der Waals surface area (Å²) in [5.74, 6) is 0. The summed E-state index contributed by atoms with van der Waals surface area (Å²) in [7, 11) is 1.86. The van der Waals surface area contributed by atoms with Crippen molar-refractivity contribution in [2.24, 2.45) is 7.05 Å². The monoisotopic (exact) mass is 264 g/mol.